The molecule has 1 fully saturated rings. The van der Waals surface area contributed by atoms with Gasteiger partial charge in [-0.25, -0.2) is 0 Å². The van der Waals surface area contributed by atoms with E-state index in [1.807, 2.05) is 12.1 Å². The Morgan fingerprint density at radius 1 is 1.21 bits per heavy atom. The average Bonchev–Trinajstić information content (AvgIpc) is 3.13. The number of rotatable bonds is 5. The van der Waals surface area contributed by atoms with Gasteiger partial charge in [0.2, 0.25) is 0 Å². The molecule has 0 bridgehead atoms. The number of hydrogen-bond donors (Lipinski definition) is 1. The van der Waals surface area contributed by atoms with Gasteiger partial charge in [-0.1, -0.05) is 34.1 Å². The highest BCUT2D eigenvalue weighted by Crippen LogP contribution is 2.42. The zero-order chi connectivity index (χ0) is 19.7. The van der Waals surface area contributed by atoms with E-state index in [1.165, 1.54) is 15.6 Å². The van der Waals surface area contributed by atoms with E-state index in [-0.39, 0.29) is 12.0 Å². The second kappa shape index (κ2) is 8.23. The minimum Gasteiger partial charge on any atom is -0.496 e. The molecule has 1 unspecified atom stereocenters. The van der Waals surface area contributed by atoms with Crippen LogP contribution in [0.15, 0.2) is 52.3 Å². The molecule has 0 saturated carbocycles. The lowest BCUT2D eigenvalue weighted by molar-refractivity contribution is -0.143. The number of carbonyl (C=O) groups is 1. The second-order valence-corrected chi connectivity index (χ2v) is 8.95. The van der Waals surface area contributed by atoms with Gasteiger partial charge in [-0.2, -0.15) is 0 Å². The van der Waals surface area contributed by atoms with Crippen LogP contribution < -0.4 is 4.74 Å². The Kier molecular flexibility index (Phi) is 5.71. The number of carboxylic acid groups (broad SMARTS) is 1. The number of fused-ring (bicyclic) bond motifs is 1. The van der Waals surface area contributed by atoms with Crippen LogP contribution >= 0.6 is 27.3 Å². The summed E-state index contributed by atoms with van der Waals surface area (Å²) >= 11 is 5.36. The minimum absolute atomic E-state index is 0.0262. The third-order valence-electron chi connectivity index (χ3n) is 5.54. The van der Waals surface area contributed by atoms with E-state index in [9.17, 15) is 9.90 Å². The molecule has 0 amide bonds. The minimum atomic E-state index is -0.683. The largest absolute Gasteiger partial charge is 0.496 e. The van der Waals surface area contributed by atoms with Crippen LogP contribution in [0.25, 0.3) is 10.1 Å². The van der Waals surface area contributed by atoms with Crippen LogP contribution in [-0.4, -0.2) is 36.2 Å². The fraction of sp³-hybridized carbons (Fsp3) is 0.318. The van der Waals surface area contributed by atoms with Crippen LogP contribution in [-0.2, 0) is 4.79 Å². The number of aliphatic carboxylic acids is 1. The fourth-order valence-corrected chi connectivity index (χ4v) is 5.45. The van der Waals surface area contributed by atoms with Gasteiger partial charge >= 0.3 is 5.97 Å². The number of nitrogens with zero attached hydrogens (tertiary/aromatic N) is 1. The molecule has 1 aliphatic heterocycles. The normalized spacial score (nSPS) is 16.9. The van der Waals surface area contributed by atoms with Gasteiger partial charge in [-0.3, -0.25) is 9.69 Å². The van der Waals surface area contributed by atoms with Crippen molar-refractivity contribution in [2.75, 3.05) is 20.2 Å². The van der Waals surface area contributed by atoms with Gasteiger partial charge in [-0.15, -0.1) is 11.3 Å². The van der Waals surface area contributed by atoms with E-state index in [4.69, 9.17) is 4.74 Å². The Bertz CT molecular complexity index is 994. The number of ether oxygens (including phenoxy) is 1. The molecule has 1 aliphatic rings. The third-order valence-corrected chi connectivity index (χ3v) is 7.01. The molecular formula is C22H22BrNO3S. The maximum atomic E-state index is 11.4. The number of benzene rings is 2. The van der Waals surface area contributed by atoms with Gasteiger partial charge in [0.15, 0.2) is 0 Å². The maximum Gasteiger partial charge on any atom is 0.306 e. The van der Waals surface area contributed by atoms with Crippen molar-refractivity contribution in [3.05, 3.63) is 63.4 Å². The topological polar surface area (TPSA) is 49.8 Å². The van der Waals surface area contributed by atoms with Gasteiger partial charge in [0.05, 0.1) is 19.1 Å². The first-order chi connectivity index (χ1) is 13.6. The molecule has 1 saturated heterocycles. The molecule has 2 heterocycles. The molecule has 0 spiro atoms. The summed E-state index contributed by atoms with van der Waals surface area (Å²) in [5.41, 5.74) is 2.36. The van der Waals surface area contributed by atoms with Crippen LogP contribution in [0.3, 0.4) is 0 Å². The summed E-state index contributed by atoms with van der Waals surface area (Å²) in [5, 5.41) is 12.9. The molecule has 28 heavy (non-hydrogen) atoms. The SMILES string of the molecule is COc1ccc(Br)cc1C(c1csc2ccccc12)N1CCC(C(=O)O)CC1. The Morgan fingerprint density at radius 2 is 1.96 bits per heavy atom. The average molecular weight is 460 g/mol. The molecule has 1 aromatic heterocycles. The highest BCUT2D eigenvalue weighted by atomic mass is 79.9. The molecule has 1 N–H and O–H groups in total. The highest BCUT2D eigenvalue weighted by molar-refractivity contribution is 9.10. The summed E-state index contributed by atoms with van der Waals surface area (Å²) < 4.78 is 7.97. The number of likely N-dealkylation sites (tertiary alicyclic amines) is 1. The summed E-state index contributed by atoms with van der Waals surface area (Å²) in [6.07, 6.45) is 1.34. The Hall–Kier alpha value is -1.89. The van der Waals surface area contributed by atoms with E-state index < -0.39 is 5.97 Å². The van der Waals surface area contributed by atoms with Crippen LogP contribution in [0.1, 0.15) is 30.0 Å². The maximum absolute atomic E-state index is 11.4. The zero-order valence-electron chi connectivity index (χ0n) is 15.6. The number of piperidine rings is 1. The molecule has 2 aromatic carbocycles. The fourth-order valence-electron chi connectivity index (χ4n) is 4.09. The third kappa shape index (κ3) is 3.69. The van der Waals surface area contributed by atoms with Crippen molar-refractivity contribution in [2.45, 2.75) is 18.9 Å². The summed E-state index contributed by atoms with van der Waals surface area (Å²) in [6.45, 7) is 1.50. The van der Waals surface area contributed by atoms with Crippen LogP contribution in [0.2, 0.25) is 0 Å². The second-order valence-electron chi connectivity index (χ2n) is 7.12. The zero-order valence-corrected chi connectivity index (χ0v) is 18.0. The number of methoxy groups -OCH3 is 1. The number of thiophene rings is 1. The van der Waals surface area contributed by atoms with Crippen molar-refractivity contribution in [3.8, 4) is 5.75 Å². The van der Waals surface area contributed by atoms with E-state index >= 15 is 0 Å². The number of halogens is 1. The first-order valence-electron chi connectivity index (χ1n) is 9.35. The van der Waals surface area contributed by atoms with E-state index in [2.05, 4.69) is 56.5 Å². The Labute approximate surface area is 176 Å². The van der Waals surface area contributed by atoms with Gasteiger partial charge in [0.1, 0.15) is 5.75 Å². The predicted molar refractivity (Wildman–Crippen MR) is 116 cm³/mol. The van der Waals surface area contributed by atoms with Crippen molar-refractivity contribution in [1.29, 1.82) is 0 Å². The summed E-state index contributed by atoms with van der Waals surface area (Å²) in [5.74, 6) is -0.0819. The van der Waals surface area contributed by atoms with Gasteiger partial charge in [0.25, 0.3) is 0 Å². The molecule has 146 valence electrons. The van der Waals surface area contributed by atoms with Gasteiger partial charge in [-0.05, 0) is 66.5 Å². The van der Waals surface area contributed by atoms with Gasteiger partial charge in [0, 0.05) is 14.7 Å². The van der Waals surface area contributed by atoms with Crippen molar-refractivity contribution in [2.24, 2.45) is 5.92 Å². The summed E-state index contributed by atoms with van der Waals surface area (Å²) in [4.78, 5) is 13.8. The quantitative estimate of drug-likeness (QED) is 0.542. The number of hydrogen-bond acceptors (Lipinski definition) is 4. The summed E-state index contributed by atoms with van der Waals surface area (Å²) in [7, 11) is 1.70. The lowest BCUT2D eigenvalue weighted by Crippen LogP contribution is -2.39. The predicted octanol–water partition coefficient (Wildman–Crippen LogP) is 5.56. The molecule has 0 radical (unpaired) electrons. The Balaban J connectivity index is 1.81. The number of carboxylic acids is 1. The van der Waals surface area contributed by atoms with Crippen LogP contribution in [0.4, 0.5) is 0 Å². The highest BCUT2D eigenvalue weighted by Gasteiger charge is 2.32. The molecular weight excluding hydrogens is 438 g/mol. The molecule has 1 atom stereocenters. The monoisotopic (exact) mass is 459 g/mol. The smallest absolute Gasteiger partial charge is 0.306 e. The van der Waals surface area contributed by atoms with Crippen molar-refractivity contribution >= 4 is 43.3 Å². The van der Waals surface area contributed by atoms with Crippen molar-refractivity contribution in [1.82, 2.24) is 4.90 Å². The lowest BCUT2D eigenvalue weighted by atomic mass is 9.91. The van der Waals surface area contributed by atoms with E-state index in [0.717, 1.165) is 28.9 Å². The van der Waals surface area contributed by atoms with E-state index in [1.54, 1.807) is 18.4 Å². The molecule has 0 aliphatic carbocycles. The molecule has 4 rings (SSSR count). The first kappa shape index (κ1) is 19.4. The molecule has 4 nitrogen and oxygen atoms in total. The van der Waals surface area contributed by atoms with Gasteiger partial charge < -0.3 is 9.84 Å². The lowest BCUT2D eigenvalue weighted by Gasteiger charge is -2.37. The van der Waals surface area contributed by atoms with Crippen molar-refractivity contribution < 1.29 is 14.6 Å². The standard InChI is InChI=1S/C22H22BrNO3S/c1-27-19-7-6-15(23)12-17(19)21(24-10-8-14(9-11-24)22(25)26)18-13-28-20-5-3-2-4-16(18)20/h2-7,12-14,21H,8-11H2,1H3,(H,25,26). The first-order valence-corrected chi connectivity index (χ1v) is 11.0. The molecule has 3 aromatic rings. The Morgan fingerprint density at radius 3 is 2.68 bits per heavy atom. The van der Waals surface area contributed by atoms with E-state index in [0.29, 0.717) is 12.8 Å². The van der Waals surface area contributed by atoms with Crippen LogP contribution in [0.5, 0.6) is 5.75 Å². The van der Waals surface area contributed by atoms with Crippen molar-refractivity contribution in [3.63, 3.8) is 0 Å². The molecule has 6 heteroatoms. The van der Waals surface area contributed by atoms with Crippen LogP contribution in [0, 0.1) is 5.92 Å². The summed E-state index contributed by atoms with van der Waals surface area (Å²) in [6, 6.07) is 14.6.